The summed E-state index contributed by atoms with van der Waals surface area (Å²) in [6, 6.07) is 2.03. The second-order valence-corrected chi connectivity index (χ2v) is 3.57. The molecule has 1 aliphatic heterocycles. The summed E-state index contributed by atoms with van der Waals surface area (Å²) in [5, 5.41) is 13.0. The van der Waals surface area contributed by atoms with Gasteiger partial charge in [0, 0.05) is 12.2 Å². The summed E-state index contributed by atoms with van der Waals surface area (Å²) < 4.78 is 0. The smallest absolute Gasteiger partial charge is 0.0997 e. The highest BCUT2D eigenvalue weighted by molar-refractivity contribution is 5.57. The van der Waals surface area contributed by atoms with Crippen LogP contribution in [0.15, 0.2) is 6.07 Å². The van der Waals surface area contributed by atoms with Crippen molar-refractivity contribution in [2.45, 2.75) is 26.4 Å². The normalized spacial score (nSPS) is 20.7. The van der Waals surface area contributed by atoms with Gasteiger partial charge in [-0.15, -0.1) is 0 Å². The molecule has 0 aromatic carbocycles. The Morgan fingerprint density at radius 3 is 3.08 bits per heavy atom. The van der Waals surface area contributed by atoms with Gasteiger partial charge in [-0.3, -0.25) is 4.98 Å². The fraction of sp³-hybridized carbons (Fsp3) is 0.500. The van der Waals surface area contributed by atoms with Crippen molar-refractivity contribution < 1.29 is 5.11 Å². The number of aryl methyl sites for hydroxylation is 2. The second-order valence-electron chi connectivity index (χ2n) is 3.57. The molecule has 2 heterocycles. The van der Waals surface area contributed by atoms with Crippen LogP contribution in [0.3, 0.4) is 0 Å². The van der Waals surface area contributed by atoms with Gasteiger partial charge in [-0.25, -0.2) is 0 Å². The number of anilines is 1. The van der Waals surface area contributed by atoms with Crippen molar-refractivity contribution in [2.24, 2.45) is 0 Å². The number of aromatic nitrogens is 1. The van der Waals surface area contributed by atoms with E-state index in [1.165, 1.54) is 5.56 Å². The van der Waals surface area contributed by atoms with E-state index < -0.39 is 6.10 Å². The molecule has 2 N–H and O–H groups in total. The topological polar surface area (TPSA) is 45.2 Å². The molecule has 0 amide bonds. The minimum atomic E-state index is -0.394. The van der Waals surface area contributed by atoms with Gasteiger partial charge in [0.1, 0.15) is 0 Å². The van der Waals surface area contributed by atoms with Gasteiger partial charge in [0.05, 0.1) is 17.5 Å². The average molecular weight is 178 g/mol. The highest BCUT2D eigenvalue weighted by Gasteiger charge is 2.20. The molecule has 1 aromatic heterocycles. The fourth-order valence-electron chi connectivity index (χ4n) is 1.81. The number of nitrogens with zero attached hydrogens (tertiary/aromatic N) is 1. The molecule has 3 nitrogen and oxygen atoms in total. The van der Waals surface area contributed by atoms with Gasteiger partial charge < -0.3 is 10.4 Å². The largest absolute Gasteiger partial charge is 0.387 e. The van der Waals surface area contributed by atoms with E-state index in [2.05, 4.69) is 10.3 Å². The first-order valence-corrected chi connectivity index (χ1v) is 4.58. The SMILES string of the molecule is Cc1cc(C)c2c(n1)C(O)CCN2. The molecular formula is C10H14N2O. The maximum atomic E-state index is 9.71. The fourth-order valence-corrected chi connectivity index (χ4v) is 1.81. The molecule has 0 saturated heterocycles. The van der Waals surface area contributed by atoms with Crippen LogP contribution in [0.1, 0.15) is 29.5 Å². The Bertz CT molecular complexity index is 336. The average Bonchev–Trinajstić information content (AvgIpc) is 2.07. The van der Waals surface area contributed by atoms with Crippen molar-refractivity contribution in [3.05, 3.63) is 23.0 Å². The van der Waals surface area contributed by atoms with E-state index in [0.717, 1.165) is 30.0 Å². The van der Waals surface area contributed by atoms with Gasteiger partial charge in [0.2, 0.25) is 0 Å². The summed E-state index contributed by atoms with van der Waals surface area (Å²) in [5.74, 6) is 0. The Labute approximate surface area is 77.8 Å². The van der Waals surface area contributed by atoms with Crippen LogP contribution < -0.4 is 5.32 Å². The molecule has 0 bridgehead atoms. The lowest BCUT2D eigenvalue weighted by Gasteiger charge is -2.23. The van der Waals surface area contributed by atoms with Crippen LogP contribution in [0, 0.1) is 13.8 Å². The maximum Gasteiger partial charge on any atom is 0.0997 e. The van der Waals surface area contributed by atoms with Gasteiger partial charge >= 0.3 is 0 Å². The van der Waals surface area contributed by atoms with Crippen LogP contribution in [0.25, 0.3) is 0 Å². The van der Waals surface area contributed by atoms with Crippen LogP contribution >= 0.6 is 0 Å². The van der Waals surface area contributed by atoms with Crippen LogP contribution in [0.2, 0.25) is 0 Å². The Morgan fingerprint density at radius 2 is 2.31 bits per heavy atom. The van der Waals surface area contributed by atoms with Crippen molar-refractivity contribution in [3.8, 4) is 0 Å². The highest BCUT2D eigenvalue weighted by Crippen LogP contribution is 2.30. The third-order valence-electron chi connectivity index (χ3n) is 2.41. The summed E-state index contributed by atoms with van der Waals surface area (Å²) in [7, 11) is 0. The first-order chi connectivity index (χ1) is 6.18. The Balaban J connectivity index is 2.56. The molecule has 1 unspecified atom stereocenters. The van der Waals surface area contributed by atoms with E-state index in [0.29, 0.717) is 0 Å². The molecule has 70 valence electrons. The Morgan fingerprint density at radius 1 is 1.54 bits per heavy atom. The summed E-state index contributed by atoms with van der Waals surface area (Å²) in [4.78, 5) is 4.34. The maximum absolute atomic E-state index is 9.71. The lowest BCUT2D eigenvalue weighted by molar-refractivity contribution is 0.163. The molecule has 1 atom stereocenters. The first kappa shape index (κ1) is 8.51. The van der Waals surface area contributed by atoms with Crippen molar-refractivity contribution in [2.75, 3.05) is 11.9 Å². The van der Waals surface area contributed by atoms with Crippen molar-refractivity contribution in [3.63, 3.8) is 0 Å². The van der Waals surface area contributed by atoms with Gasteiger partial charge in [0.25, 0.3) is 0 Å². The van der Waals surface area contributed by atoms with Crippen molar-refractivity contribution in [1.29, 1.82) is 0 Å². The van der Waals surface area contributed by atoms with Crippen LogP contribution in [0.5, 0.6) is 0 Å². The van der Waals surface area contributed by atoms with E-state index in [9.17, 15) is 5.11 Å². The molecule has 1 aromatic rings. The number of nitrogens with one attached hydrogen (secondary N) is 1. The molecule has 0 saturated carbocycles. The predicted molar refractivity (Wildman–Crippen MR) is 51.8 cm³/mol. The zero-order valence-corrected chi connectivity index (χ0v) is 7.96. The number of pyridine rings is 1. The number of hydrogen-bond acceptors (Lipinski definition) is 3. The summed E-state index contributed by atoms with van der Waals surface area (Å²) in [5.41, 5.74) is 3.97. The zero-order valence-electron chi connectivity index (χ0n) is 7.96. The molecule has 0 spiro atoms. The number of aliphatic hydroxyl groups is 1. The van der Waals surface area contributed by atoms with Crippen molar-refractivity contribution >= 4 is 5.69 Å². The molecule has 0 radical (unpaired) electrons. The van der Waals surface area contributed by atoms with Gasteiger partial charge in [-0.2, -0.15) is 0 Å². The number of rotatable bonds is 0. The quantitative estimate of drug-likeness (QED) is 0.633. The predicted octanol–water partition coefficient (Wildman–Crippen LogP) is 1.55. The number of fused-ring (bicyclic) bond motifs is 1. The molecule has 0 aliphatic carbocycles. The zero-order chi connectivity index (χ0) is 9.42. The van der Waals surface area contributed by atoms with Crippen LogP contribution in [-0.2, 0) is 0 Å². The standard InChI is InChI=1S/C10H14N2O/c1-6-5-7(2)12-10-8(13)3-4-11-9(6)10/h5,8,11,13H,3-4H2,1-2H3. The van der Waals surface area contributed by atoms with Gasteiger partial charge in [-0.1, -0.05) is 0 Å². The van der Waals surface area contributed by atoms with E-state index >= 15 is 0 Å². The monoisotopic (exact) mass is 178 g/mol. The summed E-state index contributed by atoms with van der Waals surface area (Å²) in [6.45, 7) is 4.83. The van der Waals surface area contributed by atoms with Gasteiger partial charge in [0.15, 0.2) is 0 Å². The van der Waals surface area contributed by atoms with Gasteiger partial charge in [-0.05, 0) is 31.9 Å². The molecule has 3 heteroatoms. The minimum Gasteiger partial charge on any atom is -0.387 e. The number of aliphatic hydroxyl groups excluding tert-OH is 1. The third-order valence-corrected chi connectivity index (χ3v) is 2.41. The summed E-state index contributed by atoms with van der Waals surface area (Å²) >= 11 is 0. The second kappa shape index (κ2) is 3.00. The minimum absolute atomic E-state index is 0.394. The first-order valence-electron chi connectivity index (χ1n) is 4.58. The lowest BCUT2D eigenvalue weighted by atomic mass is 10.0. The van der Waals surface area contributed by atoms with E-state index in [1.54, 1.807) is 0 Å². The molecule has 2 rings (SSSR count). The Hall–Kier alpha value is -1.09. The molecular weight excluding hydrogens is 164 g/mol. The van der Waals surface area contributed by atoms with E-state index in [4.69, 9.17) is 0 Å². The lowest BCUT2D eigenvalue weighted by Crippen LogP contribution is -2.19. The van der Waals surface area contributed by atoms with Crippen molar-refractivity contribution in [1.82, 2.24) is 4.98 Å². The Kier molecular flexibility index (Phi) is 1.96. The van der Waals surface area contributed by atoms with E-state index in [1.807, 2.05) is 19.9 Å². The van der Waals surface area contributed by atoms with Crippen LogP contribution in [-0.4, -0.2) is 16.6 Å². The summed E-state index contributed by atoms with van der Waals surface area (Å²) in [6.07, 6.45) is 0.359. The third kappa shape index (κ3) is 1.40. The molecule has 0 fully saturated rings. The number of hydrogen-bond donors (Lipinski definition) is 2. The van der Waals surface area contributed by atoms with Crippen LogP contribution in [0.4, 0.5) is 5.69 Å². The van der Waals surface area contributed by atoms with E-state index in [-0.39, 0.29) is 0 Å². The molecule has 13 heavy (non-hydrogen) atoms. The highest BCUT2D eigenvalue weighted by atomic mass is 16.3. The molecule has 1 aliphatic rings.